The number of hydrogen-bond acceptors (Lipinski definition) is 5. The summed E-state index contributed by atoms with van der Waals surface area (Å²) >= 11 is 0. The third-order valence-corrected chi connectivity index (χ3v) is 6.04. The second-order valence-corrected chi connectivity index (χ2v) is 7.59. The van der Waals surface area contributed by atoms with Crippen LogP contribution in [-0.2, 0) is 4.79 Å². The molecular weight excluding hydrogens is 340 g/mol. The maximum absolute atomic E-state index is 13.1. The van der Waals surface area contributed by atoms with Gasteiger partial charge in [-0.2, -0.15) is 0 Å². The van der Waals surface area contributed by atoms with Gasteiger partial charge >= 0.3 is 0 Å². The average Bonchev–Trinajstić information content (AvgIpc) is 3.25. The van der Waals surface area contributed by atoms with E-state index in [1.54, 1.807) is 0 Å². The van der Waals surface area contributed by atoms with E-state index in [0.717, 1.165) is 43.1 Å². The summed E-state index contributed by atoms with van der Waals surface area (Å²) in [5.41, 5.74) is 1.70. The van der Waals surface area contributed by atoms with Crippen LogP contribution in [0.1, 0.15) is 12.8 Å². The molecule has 0 aliphatic carbocycles. The highest BCUT2D eigenvalue weighted by Crippen LogP contribution is 2.40. The van der Waals surface area contributed by atoms with E-state index >= 15 is 0 Å². The first kappa shape index (κ1) is 16.4. The van der Waals surface area contributed by atoms with E-state index < -0.39 is 5.54 Å². The summed E-state index contributed by atoms with van der Waals surface area (Å²) in [6.07, 6.45) is 1.44. The Kier molecular flexibility index (Phi) is 3.75. The normalized spacial score (nSPS) is 24.0. The molecule has 3 aliphatic heterocycles. The second-order valence-electron chi connectivity index (χ2n) is 7.59. The van der Waals surface area contributed by atoms with Crippen LogP contribution in [0.5, 0.6) is 5.75 Å². The number of para-hydroxylation sites is 3. The summed E-state index contributed by atoms with van der Waals surface area (Å²) in [6, 6.07) is 18.3. The number of benzene rings is 2. The predicted octanol–water partition coefficient (Wildman–Crippen LogP) is 2.55. The minimum atomic E-state index is -0.446. The van der Waals surface area contributed by atoms with Crippen LogP contribution in [0.25, 0.3) is 0 Å². The zero-order valence-electron chi connectivity index (χ0n) is 15.5. The van der Waals surface area contributed by atoms with Crippen molar-refractivity contribution >= 4 is 17.3 Å². The van der Waals surface area contributed by atoms with Crippen LogP contribution in [0, 0.1) is 0 Å². The van der Waals surface area contributed by atoms with Crippen LogP contribution in [0.3, 0.4) is 0 Å². The topological polar surface area (TPSA) is 48.0 Å². The van der Waals surface area contributed by atoms with Gasteiger partial charge < -0.3 is 19.9 Å². The highest BCUT2D eigenvalue weighted by atomic mass is 16.5. The fraction of sp³-hybridized carbons (Fsp3) is 0.381. The largest absolute Gasteiger partial charge is 0.455 e. The highest BCUT2D eigenvalue weighted by Gasteiger charge is 2.53. The number of amides is 1. The molecule has 2 saturated heterocycles. The molecule has 3 aliphatic rings. The van der Waals surface area contributed by atoms with Crippen molar-refractivity contribution in [3.05, 3.63) is 54.6 Å². The molecule has 0 unspecified atom stereocenters. The van der Waals surface area contributed by atoms with E-state index in [2.05, 4.69) is 27.2 Å². The Labute approximate surface area is 159 Å². The SMILES string of the molecule is CN1CN(c2ccccc2)C2(CCN([C@@H]3Nc4ccccc4O3)CC2)C1=O. The molecule has 6 nitrogen and oxygen atoms in total. The van der Waals surface area contributed by atoms with E-state index in [1.807, 2.05) is 54.4 Å². The van der Waals surface area contributed by atoms with Crippen LogP contribution >= 0.6 is 0 Å². The number of nitrogens with one attached hydrogen (secondary N) is 1. The molecule has 0 bridgehead atoms. The first-order valence-electron chi connectivity index (χ1n) is 9.52. The molecule has 5 rings (SSSR count). The number of carbonyl (C=O) groups excluding carboxylic acids is 1. The van der Waals surface area contributed by atoms with Crippen LogP contribution in [-0.4, -0.2) is 54.4 Å². The third kappa shape index (κ3) is 2.55. The number of rotatable bonds is 2. The molecular formula is C21H24N4O2. The Morgan fingerprint density at radius 2 is 1.74 bits per heavy atom. The number of nitrogens with zero attached hydrogens (tertiary/aromatic N) is 3. The Hall–Kier alpha value is -2.73. The molecule has 2 fully saturated rings. The second kappa shape index (κ2) is 6.16. The minimum absolute atomic E-state index is 0.154. The molecule has 0 saturated carbocycles. The summed E-state index contributed by atoms with van der Waals surface area (Å²) in [7, 11) is 1.90. The lowest BCUT2D eigenvalue weighted by Crippen LogP contribution is -2.59. The number of anilines is 2. The molecule has 0 aromatic heterocycles. The minimum Gasteiger partial charge on any atom is -0.455 e. The molecule has 27 heavy (non-hydrogen) atoms. The number of likely N-dealkylation sites (N-methyl/N-ethyl adjacent to an activating group) is 1. The predicted molar refractivity (Wildman–Crippen MR) is 105 cm³/mol. The lowest BCUT2D eigenvalue weighted by molar-refractivity contribution is -0.133. The smallest absolute Gasteiger partial charge is 0.249 e. The van der Waals surface area contributed by atoms with Gasteiger partial charge in [0.2, 0.25) is 12.3 Å². The lowest BCUT2D eigenvalue weighted by atomic mass is 9.85. The maximum atomic E-state index is 13.1. The van der Waals surface area contributed by atoms with E-state index in [0.29, 0.717) is 6.67 Å². The summed E-state index contributed by atoms with van der Waals surface area (Å²) in [5, 5.41) is 3.44. The van der Waals surface area contributed by atoms with Gasteiger partial charge in [-0.05, 0) is 37.1 Å². The van der Waals surface area contributed by atoms with Crippen LogP contribution < -0.4 is 15.0 Å². The molecule has 3 heterocycles. The zero-order chi connectivity index (χ0) is 18.4. The summed E-state index contributed by atoms with van der Waals surface area (Å²) in [4.78, 5) is 19.5. The first-order valence-corrected chi connectivity index (χ1v) is 9.52. The monoisotopic (exact) mass is 364 g/mol. The molecule has 1 spiro atoms. The molecule has 1 amide bonds. The van der Waals surface area contributed by atoms with Crippen molar-refractivity contribution < 1.29 is 9.53 Å². The van der Waals surface area contributed by atoms with Crippen molar-refractivity contribution in [2.24, 2.45) is 0 Å². The van der Waals surface area contributed by atoms with Crippen molar-refractivity contribution in [1.82, 2.24) is 9.80 Å². The number of ether oxygens (including phenoxy) is 1. The maximum Gasteiger partial charge on any atom is 0.249 e. The molecule has 140 valence electrons. The molecule has 6 heteroatoms. The average molecular weight is 364 g/mol. The molecule has 1 N–H and O–H groups in total. The van der Waals surface area contributed by atoms with Crippen molar-refractivity contribution in [1.29, 1.82) is 0 Å². The van der Waals surface area contributed by atoms with Gasteiger partial charge in [0.1, 0.15) is 11.3 Å². The number of piperidine rings is 1. The molecule has 2 aromatic rings. The summed E-state index contributed by atoms with van der Waals surface area (Å²) in [5.74, 6) is 1.12. The van der Waals surface area contributed by atoms with Gasteiger partial charge in [-0.15, -0.1) is 0 Å². The number of likely N-dealkylation sites (tertiary alicyclic amines) is 1. The number of fused-ring (bicyclic) bond motifs is 1. The third-order valence-electron chi connectivity index (χ3n) is 6.04. The standard InChI is InChI=1S/C21H24N4O2/c1-23-15-25(16-7-3-2-4-8-16)21(19(23)26)11-13-24(14-12-21)20-22-17-9-5-6-10-18(17)27-20/h2-10,20,22H,11-15H2,1H3/t20-/m0/s1. The van der Waals surface area contributed by atoms with Gasteiger partial charge in [0.05, 0.1) is 12.4 Å². The van der Waals surface area contributed by atoms with Gasteiger partial charge in [-0.25, -0.2) is 0 Å². The number of hydrogen-bond donors (Lipinski definition) is 1. The fourth-order valence-electron chi connectivity index (χ4n) is 4.57. The van der Waals surface area contributed by atoms with E-state index in [-0.39, 0.29) is 12.3 Å². The van der Waals surface area contributed by atoms with Gasteiger partial charge in [0.25, 0.3) is 0 Å². The fourth-order valence-corrected chi connectivity index (χ4v) is 4.57. The molecule has 2 aromatic carbocycles. The van der Waals surface area contributed by atoms with Gasteiger partial charge in [0, 0.05) is 25.8 Å². The Morgan fingerprint density at radius 1 is 1.04 bits per heavy atom. The molecule has 1 atom stereocenters. The zero-order valence-corrected chi connectivity index (χ0v) is 15.5. The van der Waals surface area contributed by atoms with Gasteiger partial charge in [-0.3, -0.25) is 9.69 Å². The van der Waals surface area contributed by atoms with Crippen molar-refractivity contribution in [2.75, 3.05) is 37.0 Å². The van der Waals surface area contributed by atoms with Crippen LogP contribution in [0.2, 0.25) is 0 Å². The van der Waals surface area contributed by atoms with E-state index in [4.69, 9.17) is 4.74 Å². The Morgan fingerprint density at radius 3 is 2.48 bits per heavy atom. The molecule has 0 radical (unpaired) electrons. The lowest BCUT2D eigenvalue weighted by Gasteiger charge is -2.44. The Balaban J connectivity index is 1.34. The first-order chi connectivity index (χ1) is 13.2. The van der Waals surface area contributed by atoms with Crippen molar-refractivity contribution in [2.45, 2.75) is 24.7 Å². The number of carbonyl (C=O) groups is 1. The van der Waals surface area contributed by atoms with Gasteiger partial charge in [-0.1, -0.05) is 30.3 Å². The Bertz CT molecular complexity index is 823. The van der Waals surface area contributed by atoms with Gasteiger partial charge in [0.15, 0.2) is 0 Å². The summed E-state index contributed by atoms with van der Waals surface area (Å²) < 4.78 is 6.06. The van der Waals surface area contributed by atoms with Crippen molar-refractivity contribution in [3.8, 4) is 5.75 Å². The highest BCUT2D eigenvalue weighted by molar-refractivity contribution is 5.93. The van der Waals surface area contributed by atoms with E-state index in [1.165, 1.54) is 0 Å². The summed E-state index contributed by atoms with van der Waals surface area (Å²) in [6.45, 7) is 2.27. The van der Waals surface area contributed by atoms with Crippen LogP contribution in [0.15, 0.2) is 54.6 Å². The van der Waals surface area contributed by atoms with Crippen LogP contribution in [0.4, 0.5) is 11.4 Å². The quantitative estimate of drug-likeness (QED) is 0.887. The van der Waals surface area contributed by atoms with E-state index in [9.17, 15) is 4.79 Å². The van der Waals surface area contributed by atoms with Crippen molar-refractivity contribution in [3.63, 3.8) is 0 Å².